The van der Waals surface area contributed by atoms with E-state index >= 15 is 0 Å². The van der Waals surface area contributed by atoms with E-state index in [1.807, 2.05) is 13.8 Å². The summed E-state index contributed by atoms with van der Waals surface area (Å²) in [5.41, 5.74) is -1.22. The van der Waals surface area contributed by atoms with E-state index in [0.717, 1.165) is 19.0 Å². The van der Waals surface area contributed by atoms with E-state index in [1.54, 1.807) is 0 Å². The third-order valence-corrected chi connectivity index (χ3v) is 3.50. The number of halogens is 3. The van der Waals surface area contributed by atoms with Crippen molar-refractivity contribution in [2.45, 2.75) is 51.4 Å². The predicted molar refractivity (Wildman–Crippen MR) is 70.2 cm³/mol. The minimum Gasteiger partial charge on any atom is -0.394 e. The lowest BCUT2D eigenvalue weighted by Crippen LogP contribution is -2.48. The number of aliphatic hydroxyl groups is 1. The molecule has 0 saturated heterocycles. The molecule has 0 aromatic carbocycles. The van der Waals surface area contributed by atoms with Gasteiger partial charge in [0.1, 0.15) is 0 Å². The van der Waals surface area contributed by atoms with Gasteiger partial charge in [0, 0.05) is 18.3 Å². The summed E-state index contributed by atoms with van der Waals surface area (Å²) >= 11 is 0. The van der Waals surface area contributed by atoms with Crippen molar-refractivity contribution in [3.05, 3.63) is 18.0 Å². The van der Waals surface area contributed by atoms with Crippen molar-refractivity contribution in [3.8, 4) is 0 Å². The largest absolute Gasteiger partial charge is 0.435 e. The molecule has 1 unspecified atom stereocenters. The zero-order chi connectivity index (χ0) is 15.2. The van der Waals surface area contributed by atoms with Crippen LogP contribution in [-0.2, 0) is 12.7 Å². The highest BCUT2D eigenvalue weighted by atomic mass is 19.4. The van der Waals surface area contributed by atoms with Crippen LogP contribution in [0.1, 0.15) is 38.8 Å². The molecule has 2 N–H and O–H groups in total. The number of aromatic nitrogens is 2. The summed E-state index contributed by atoms with van der Waals surface area (Å²) in [7, 11) is 0. The molecule has 0 spiro atoms. The molecule has 1 aromatic rings. The van der Waals surface area contributed by atoms with E-state index < -0.39 is 11.9 Å². The van der Waals surface area contributed by atoms with Gasteiger partial charge in [0.15, 0.2) is 5.69 Å². The highest BCUT2D eigenvalue weighted by molar-refractivity contribution is 5.03. The fraction of sp³-hybridized carbons (Fsp3) is 0.769. The van der Waals surface area contributed by atoms with Crippen molar-refractivity contribution in [2.24, 2.45) is 0 Å². The summed E-state index contributed by atoms with van der Waals surface area (Å²) in [6, 6.07) is 0.976. The summed E-state index contributed by atoms with van der Waals surface area (Å²) in [5, 5.41) is 16.2. The van der Waals surface area contributed by atoms with Crippen LogP contribution in [0.4, 0.5) is 13.2 Å². The van der Waals surface area contributed by atoms with Gasteiger partial charge in [-0.25, -0.2) is 0 Å². The van der Waals surface area contributed by atoms with E-state index in [-0.39, 0.29) is 12.1 Å². The van der Waals surface area contributed by atoms with Gasteiger partial charge < -0.3 is 10.4 Å². The highest BCUT2D eigenvalue weighted by Gasteiger charge is 2.33. The van der Waals surface area contributed by atoms with Crippen LogP contribution in [0.15, 0.2) is 12.3 Å². The first-order valence-electron chi connectivity index (χ1n) is 6.83. The molecule has 1 aromatic heterocycles. The zero-order valence-electron chi connectivity index (χ0n) is 11.9. The van der Waals surface area contributed by atoms with Crippen LogP contribution in [0.2, 0.25) is 0 Å². The number of aliphatic hydroxyl groups excluding tert-OH is 1. The summed E-state index contributed by atoms with van der Waals surface area (Å²) in [5.74, 6) is 0. The molecular weight excluding hydrogens is 271 g/mol. The molecule has 0 saturated carbocycles. The van der Waals surface area contributed by atoms with Gasteiger partial charge in [0.2, 0.25) is 0 Å². The summed E-state index contributed by atoms with van der Waals surface area (Å²) in [6.07, 6.45) is -0.949. The van der Waals surface area contributed by atoms with E-state index in [4.69, 9.17) is 0 Å². The van der Waals surface area contributed by atoms with Crippen LogP contribution < -0.4 is 5.32 Å². The van der Waals surface area contributed by atoms with E-state index in [2.05, 4.69) is 10.4 Å². The third kappa shape index (κ3) is 4.49. The fourth-order valence-corrected chi connectivity index (χ4v) is 2.23. The Hall–Kier alpha value is -1.08. The summed E-state index contributed by atoms with van der Waals surface area (Å²) in [6.45, 7) is 5.11. The normalized spacial score (nSPS) is 15.3. The van der Waals surface area contributed by atoms with Gasteiger partial charge in [-0.2, -0.15) is 18.3 Å². The Morgan fingerprint density at radius 3 is 2.50 bits per heavy atom. The van der Waals surface area contributed by atoms with Crippen LogP contribution in [0.25, 0.3) is 0 Å². The van der Waals surface area contributed by atoms with Crippen LogP contribution in [0.3, 0.4) is 0 Å². The van der Waals surface area contributed by atoms with Gasteiger partial charge in [0.25, 0.3) is 0 Å². The lowest BCUT2D eigenvalue weighted by molar-refractivity contribution is -0.141. The number of aryl methyl sites for hydroxylation is 1. The van der Waals surface area contributed by atoms with Gasteiger partial charge in [-0.15, -0.1) is 0 Å². The van der Waals surface area contributed by atoms with Crippen LogP contribution in [0.5, 0.6) is 0 Å². The smallest absolute Gasteiger partial charge is 0.394 e. The lowest BCUT2D eigenvalue weighted by atomic mass is 9.91. The van der Waals surface area contributed by atoms with Gasteiger partial charge in [0.05, 0.1) is 6.61 Å². The second-order valence-corrected chi connectivity index (χ2v) is 4.89. The number of alkyl halides is 3. The van der Waals surface area contributed by atoms with Gasteiger partial charge >= 0.3 is 6.18 Å². The minimum absolute atomic E-state index is 0.0181. The first kappa shape index (κ1) is 17.0. The molecule has 1 rings (SSSR count). The number of nitrogens with one attached hydrogen (secondary N) is 1. The Labute approximate surface area is 117 Å². The Bertz CT molecular complexity index is 400. The fourth-order valence-electron chi connectivity index (χ4n) is 2.23. The molecule has 0 amide bonds. The first-order chi connectivity index (χ1) is 9.37. The monoisotopic (exact) mass is 293 g/mol. The van der Waals surface area contributed by atoms with Crippen LogP contribution in [0, 0.1) is 0 Å². The molecule has 0 aliphatic rings. The molecule has 0 aliphatic carbocycles. The maximum atomic E-state index is 12.4. The number of likely N-dealkylation sites (N-methyl/N-ethyl adjacent to an activating group) is 1. The molecule has 20 heavy (non-hydrogen) atoms. The SMILES string of the molecule is CCNC(CC)(CO)CCCn1ccc(C(F)(F)F)n1. The Kier molecular flexibility index (Phi) is 6.01. The quantitative estimate of drug-likeness (QED) is 0.774. The van der Waals surface area contributed by atoms with Crippen molar-refractivity contribution < 1.29 is 18.3 Å². The molecular formula is C13H22F3N3O. The maximum absolute atomic E-state index is 12.4. The molecule has 116 valence electrons. The lowest BCUT2D eigenvalue weighted by Gasteiger charge is -2.31. The zero-order valence-corrected chi connectivity index (χ0v) is 11.9. The first-order valence-corrected chi connectivity index (χ1v) is 6.83. The topological polar surface area (TPSA) is 50.1 Å². The van der Waals surface area contributed by atoms with E-state index in [0.29, 0.717) is 19.4 Å². The van der Waals surface area contributed by atoms with E-state index in [9.17, 15) is 18.3 Å². The average Bonchev–Trinajstić information content (AvgIpc) is 2.86. The number of nitrogens with zero attached hydrogens (tertiary/aromatic N) is 2. The molecule has 0 fully saturated rings. The second-order valence-electron chi connectivity index (χ2n) is 4.89. The van der Waals surface area contributed by atoms with Crippen molar-refractivity contribution in [2.75, 3.05) is 13.2 Å². The van der Waals surface area contributed by atoms with Gasteiger partial charge in [-0.1, -0.05) is 13.8 Å². The van der Waals surface area contributed by atoms with Gasteiger partial charge in [-0.3, -0.25) is 4.68 Å². The third-order valence-electron chi connectivity index (χ3n) is 3.50. The summed E-state index contributed by atoms with van der Waals surface area (Å²) < 4.78 is 38.5. The van der Waals surface area contributed by atoms with Crippen LogP contribution in [-0.4, -0.2) is 33.6 Å². The number of hydrogen-bond donors (Lipinski definition) is 2. The highest BCUT2D eigenvalue weighted by Crippen LogP contribution is 2.27. The van der Waals surface area contributed by atoms with Crippen LogP contribution >= 0.6 is 0 Å². The molecule has 4 nitrogen and oxygen atoms in total. The Morgan fingerprint density at radius 2 is 2.05 bits per heavy atom. The van der Waals surface area contributed by atoms with Crippen molar-refractivity contribution >= 4 is 0 Å². The Balaban J connectivity index is 2.53. The molecule has 0 bridgehead atoms. The standard InChI is InChI=1S/C13H22F3N3O/c1-3-12(10-20,17-4-2)7-5-8-19-9-6-11(18-19)13(14,15)16/h6,9,17,20H,3-5,7-8,10H2,1-2H3. The average molecular weight is 293 g/mol. The molecule has 1 atom stereocenters. The second kappa shape index (κ2) is 7.08. The predicted octanol–water partition coefficient (Wildman–Crippen LogP) is 2.43. The van der Waals surface area contributed by atoms with Crippen molar-refractivity contribution in [1.82, 2.24) is 15.1 Å². The molecule has 1 heterocycles. The number of rotatable bonds is 8. The number of hydrogen-bond acceptors (Lipinski definition) is 3. The Morgan fingerprint density at radius 1 is 1.35 bits per heavy atom. The molecule has 0 radical (unpaired) electrons. The molecule has 7 heteroatoms. The summed E-state index contributed by atoms with van der Waals surface area (Å²) in [4.78, 5) is 0. The molecule has 0 aliphatic heterocycles. The van der Waals surface area contributed by atoms with E-state index in [1.165, 1.54) is 10.9 Å². The van der Waals surface area contributed by atoms with Crippen molar-refractivity contribution in [1.29, 1.82) is 0 Å². The van der Waals surface area contributed by atoms with Gasteiger partial charge in [-0.05, 0) is 31.9 Å². The maximum Gasteiger partial charge on any atom is 0.435 e. The minimum atomic E-state index is -4.40. The van der Waals surface area contributed by atoms with Crippen molar-refractivity contribution in [3.63, 3.8) is 0 Å².